The number of carboxylic acid groups (broad SMARTS) is 1. The van der Waals surface area contributed by atoms with Gasteiger partial charge in [0.25, 0.3) is 5.56 Å². The number of halogens is 2. The minimum Gasteiger partial charge on any atom is -0.477 e. The van der Waals surface area contributed by atoms with Gasteiger partial charge in [-0.1, -0.05) is 11.6 Å². The van der Waals surface area contributed by atoms with Gasteiger partial charge in [-0.2, -0.15) is 4.68 Å². The number of carboxylic acids is 1. The van der Waals surface area contributed by atoms with E-state index < -0.39 is 11.8 Å². The first-order valence-corrected chi connectivity index (χ1v) is 12.1. The number of rotatable bonds is 5. The molecule has 0 fully saturated rings. The molecule has 2 aliphatic heterocycles. The molecule has 0 saturated heterocycles. The van der Waals surface area contributed by atoms with Crippen LogP contribution in [0.15, 0.2) is 52.0 Å². The number of aliphatic imine (C=N–C) groups is 1. The Morgan fingerprint density at radius 1 is 1.25 bits per heavy atom. The highest BCUT2D eigenvalue weighted by Gasteiger charge is 2.32. The molecule has 0 amide bonds. The van der Waals surface area contributed by atoms with Gasteiger partial charge >= 0.3 is 5.97 Å². The summed E-state index contributed by atoms with van der Waals surface area (Å²) in [6, 6.07) is 6.30. The van der Waals surface area contributed by atoms with Gasteiger partial charge in [-0.3, -0.25) is 14.4 Å². The summed E-state index contributed by atoms with van der Waals surface area (Å²) in [4.78, 5) is 33.4. The molecule has 5 heterocycles. The summed E-state index contributed by atoms with van der Waals surface area (Å²) < 4.78 is 17.7. The lowest BCUT2D eigenvalue weighted by Gasteiger charge is -2.16. The largest absolute Gasteiger partial charge is 0.477 e. The van der Waals surface area contributed by atoms with E-state index in [4.69, 9.17) is 21.7 Å². The van der Waals surface area contributed by atoms with Crippen molar-refractivity contribution in [1.82, 2.24) is 29.8 Å². The summed E-state index contributed by atoms with van der Waals surface area (Å²) in [7, 11) is 0. The van der Waals surface area contributed by atoms with Gasteiger partial charge in [0.1, 0.15) is 17.0 Å². The number of aromatic nitrogens is 6. The van der Waals surface area contributed by atoms with Crippen molar-refractivity contribution >= 4 is 40.2 Å². The van der Waals surface area contributed by atoms with Crippen molar-refractivity contribution < 1.29 is 14.3 Å². The van der Waals surface area contributed by atoms with E-state index in [0.717, 1.165) is 11.3 Å². The van der Waals surface area contributed by atoms with Crippen LogP contribution in [-0.4, -0.2) is 46.5 Å². The number of aromatic carboxylic acids is 1. The summed E-state index contributed by atoms with van der Waals surface area (Å²) in [5, 5.41) is 22.4. The number of aryl methyl sites for hydroxylation is 1. The topological polar surface area (TPSA) is 128 Å². The van der Waals surface area contributed by atoms with Crippen molar-refractivity contribution in [3.8, 4) is 16.9 Å². The van der Waals surface area contributed by atoms with E-state index in [1.165, 1.54) is 22.5 Å². The zero-order valence-electron chi connectivity index (χ0n) is 18.3. The molecular weight excluding hydrogens is 509 g/mol. The second kappa shape index (κ2) is 8.57. The Hall–Kier alpha value is -4.03. The lowest BCUT2D eigenvalue weighted by molar-refractivity contribution is 0.0697. The Kier molecular flexibility index (Phi) is 5.34. The lowest BCUT2D eigenvalue weighted by atomic mass is 10.00. The third kappa shape index (κ3) is 3.65. The molecular formula is C23H15ClFN7O3S. The number of benzene rings is 1. The predicted octanol–water partition coefficient (Wildman–Crippen LogP) is 3.81. The van der Waals surface area contributed by atoms with Crippen LogP contribution in [0, 0.1) is 5.82 Å². The maximum absolute atomic E-state index is 14.6. The molecule has 10 nitrogen and oxygen atoms in total. The van der Waals surface area contributed by atoms with Gasteiger partial charge in [0.2, 0.25) is 0 Å². The van der Waals surface area contributed by atoms with Gasteiger partial charge in [-0.25, -0.2) is 14.2 Å². The zero-order chi connectivity index (χ0) is 25.0. The molecule has 0 spiro atoms. The van der Waals surface area contributed by atoms with E-state index in [0.29, 0.717) is 58.3 Å². The van der Waals surface area contributed by atoms with E-state index in [9.17, 15) is 14.0 Å². The average Bonchev–Trinajstić information content (AvgIpc) is 3.64. The van der Waals surface area contributed by atoms with Crippen LogP contribution in [0.4, 0.5) is 4.39 Å². The number of tetrazole rings is 1. The molecule has 1 aromatic carbocycles. The Bertz CT molecular complexity index is 1660. The third-order valence-electron chi connectivity index (χ3n) is 6.22. The highest BCUT2D eigenvalue weighted by Crippen LogP contribution is 2.36. The summed E-state index contributed by atoms with van der Waals surface area (Å²) >= 11 is 7.08. The van der Waals surface area contributed by atoms with Gasteiger partial charge in [0, 0.05) is 52.3 Å². The van der Waals surface area contributed by atoms with Crippen LogP contribution in [0.2, 0.25) is 5.02 Å². The number of thiophene rings is 1. The number of carbonyl (C=O) groups is 1. The molecule has 1 N–H and O–H groups in total. The van der Waals surface area contributed by atoms with Crippen molar-refractivity contribution in [3.05, 3.63) is 79.6 Å². The zero-order valence-corrected chi connectivity index (χ0v) is 19.9. The maximum Gasteiger partial charge on any atom is 0.348 e. The number of allylic oxidation sites excluding steroid dienone is 1. The molecule has 2 aliphatic rings. The fourth-order valence-corrected chi connectivity index (χ4v) is 5.58. The highest BCUT2D eigenvalue weighted by atomic mass is 35.5. The summed E-state index contributed by atoms with van der Waals surface area (Å²) in [5.41, 5.74) is 2.97. The molecule has 0 aliphatic carbocycles. The van der Waals surface area contributed by atoms with Crippen molar-refractivity contribution in [2.45, 2.75) is 25.3 Å². The highest BCUT2D eigenvalue weighted by molar-refractivity contribution is 7.12. The molecule has 4 aromatic rings. The van der Waals surface area contributed by atoms with Crippen LogP contribution in [-0.2, 0) is 6.42 Å². The van der Waals surface area contributed by atoms with Gasteiger partial charge in [-0.15, -0.1) is 16.4 Å². The SMILES string of the molecule is O=C(O)c1scc(C2=CN=C([C@@H]3CCc4nc(-c5cc(Cl)ccc5-n5cnnn5)cc(=O)n43)C2)c1F. The first-order chi connectivity index (χ1) is 17.4. The van der Waals surface area contributed by atoms with Crippen molar-refractivity contribution in [1.29, 1.82) is 0 Å². The van der Waals surface area contributed by atoms with Gasteiger partial charge in [0.15, 0.2) is 5.82 Å². The van der Waals surface area contributed by atoms with E-state index in [1.807, 2.05) is 0 Å². The van der Waals surface area contributed by atoms with Gasteiger partial charge in [-0.05, 0) is 40.6 Å². The van der Waals surface area contributed by atoms with Crippen LogP contribution < -0.4 is 5.56 Å². The molecule has 36 heavy (non-hydrogen) atoms. The van der Waals surface area contributed by atoms with E-state index in [1.54, 1.807) is 29.0 Å². The average molecular weight is 524 g/mol. The molecule has 0 saturated carbocycles. The molecule has 0 bridgehead atoms. The number of fused-ring (bicyclic) bond motifs is 1. The smallest absolute Gasteiger partial charge is 0.348 e. The quantitative estimate of drug-likeness (QED) is 0.421. The van der Waals surface area contributed by atoms with Crippen LogP contribution in [0.5, 0.6) is 0 Å². The maximum atomic E-state index is 14.6. The molecule has 0 unspecified atom stereocenters. The minimum atomic E-state index is -1.30. The summed E-state index contributed by atoms with van der Waals surface area (Å²) in [5.74, 6) is -1.45. The lowest BCUT2D eigenvalue weighted by Crippen LogP contribution is -2.28. The molecule has 1 atom stereocenters. The Labute approximate surface area is 211 Å². The Balaban J connectivity index is 1.31. The first-order valence-electron chi connectivity index (χ1n) is 10.8. The van der Waals surface area contributed by atoms with E-state index in [2.05, 4.69) is 20.5 Å². The van der Waals surface area contributed by atoms with Crippen molar-refractivity contribution in [2.24, 2.45) is 4.99 Å². The van der Waals surface area contributed by atoms with Crippen molar-refractivity contribution in [3.63, 3.8) is 0 Å². The van der Waals surface area contributed by atoms with Crippen LogP contribution in [0.3, 0.4) is 0 Å². The number of hydrogen-bond donors (Lipinski definition) is 1. The Morgan fingerprint density at radius 3 is 2.86 bits per heavy atom. The van der Waals surface area contributed by atoms with E-state index in [-0.39, 0.29) is 22.0 Å². The molecule has 6 rings (SSSR count). The van der Waals surface area contributed by atoms with Crippen LogP contribution in [0.25, 0.3) is 22.5 Å². The normalized spacial score (nSPS) is 16.7. The van der Waals surface area contributed by atoms with E-state index >= 15 is 0 Å². The second-order valence-corrected chi connectivity index (χ2v) is 9.60. The van der Waals surface area contributed by atoms with Gasteiger partial charge < -0.3 is 5.11 Å². The second-order valence-electron chi connectivity index (χ2n) is 8.29. The van der Waals surface area contributed by atoms with Crippen LogP contribution in [0.1, 0.15) is 39.9 Å². The monoisotopic (exact) mass is 523 g/mol. The Morgan fingerprint density at radius 2 is 2.11 bits per heavy atom. The molecule has 13 heteroatoms. The first kappa shape index (κ1) is 22.4. The fourth-order valence-electron chi connectivity index (χ4n) is 4.60. The predicted molar refractivity (Wildman–Crippen MR) is 130 cm³/mol. The molecule has 3 aromatic heterocycles. The third-order valence-corrected chi connectivity index (χ3v) is 7.40. The number of hydrogen-bond acceptors (Lipinski definition) is 8. The summed E-state index contributed by atoms with van der Waals surface area (Å²) in [6.07, 6.45) is 4.48. The van der Waals surface area contributed by atoms with Crippen molar-refractivity contribution in [2.75, 3.05) is 0 Å². The minimum absolute atomic E-state index is 0.228. The molecule has 180 valence electrons. The number of nitrogens with zero attached hydrogens (tertiary/aromatic N) is 7. The standard InChI is InChI=1S/C23H15ClFN7O3S/c24-12-1-2-17(31-10-27-29-30-31)13(6-12)15-7-20(33)32-18(3-4-19(32)28-15)16-5-11(8-26-16)14-9-36-22(21(14)25)23(34)35/h1-2,6-10,18H,3-5H2,(H,34,35)/t18-/m0/s1. The summed E-state index contributed by atoms with van der Waals surface area (Å²) in [6.45, 7) is 0. The van der Waals surface area contributed by atoms with Crippen LogP contribution >= 0.6 is 22.9 Å². The van der Waals surface area contributed by atoms with Gasteiger partial charge in [0.05, 0.1) is 17.4 Å². The fraction of sp³-hybridized carbons (Fsp3) is 0.174. The molecule has 0 radical (unpaired) electrons.